The number of oxime groups is 3. The van der Waals surface area contributed by atoms with E-state index in [1.54, 1.807) is 0 Å². The molecular formula is C21H42B2F2N12O6-2. The van der Waals surface area contributed by atoms with Crippen molar-refractivity contribution in [2.75, 3.05) is 39.3 Å². The summed E-state index contributed by atoms with van der Waals surface area (Å²) >= 11 is 0. The van der Waals surface area contributed by atoms with Crippen molar-refractivity contribution in [2.45, 2.75) is 57.8 Å². The molecule has 0 amide bonds. The normalized spacial score (nSPS) is 27.2. The molecule has 22 heteroatoms. The minimum absolute atomic E-state index is 0.189. The number of hydrogen-bond acceptors (Lipinski definition) is 15. The lowest BCUT2D eigenvalue weighted by Gasteiger charge is -2.33. The minimum Gasteiger partial charge on any atom is -0.510 e. The quantitative estimate of drug-likeness (QED) is 0.105. The van der Waals surface area contributed by atoms with Crippen LogP contribution in [0, 0.1) is 0 Å². The average molecular weight is 618 g/mol. The first-order chi connectivity index (χ1) is 20.9. The van der Waals surface area contributed by atoms with E-state index in [0.717, 1.165) is 57.2 Å². The molecule has 0 saturated carbocycles. The van der Waals surface area contributed by atoms with Gasteiger partial charge in [0.1, 0.15) is 18.6 Å². The molecule has 0 unspecified atom stereocenters. The third-order valence-corrected chi connectivity index (χ3v) is 5.43. The van der Waals surface area contributed by atoms with Crippen molar-refractivity contribution < 1.29 is 37.2 Å². The number of rotatable bonds is 15. The van der Waals surface area contributed by atoms with Gasteiger partial charge in [0.2, 0.25) is 0 Å². The van der Waals surface area contributed by atoms with Crippen molar-refractivity contribution in [3.05, 3.63) is 0 Å². The lowest BCUT2D eigenvalue weighted by atomic mass is 10.2. The van der Waals surface area contributed by atoms with Gasteiger partial charge in [0.15, 0.2) is 17.5 Å². The van der Waals surface area contributed by atoms with Gasteiger partial charge >= 0.3 is 14.1 Å². The molecule has 0 aromatic carbocycles. The number of aliphatic imine (C=N–C) groups is 3. The Kier molecular flexibility index (Phi) is 17.7. The monoisotopic (exact) mass is 618 g/mol. The molecule has 0 radical (unpaired) electrons. The fraction of sp³-hybridized carbons (Fsp3) is 0.714. The summed E-state index contributed by atoms with van der Waals surface area (Å²) in [6, 6.07) is 0. The summed E-state index contributed by atoms with van der Waals surface area (Å²) in [6.45, 7) is 2.36. The lowest BCUT2D eigenvalue weighted by molar-refractivity contribution is -0.0294. The maximum atomic E-state index is 15.9. The Bertz CT molecular complexity index is 864. The topological polar surface area (TPSA) is 244 Å². The highest BCUT2D eigenvalue weighted by Gasteiger charge is 2.41. The SMILES string of the molecule is NCCCCCN=C1C=NO[B-]2(F)O/N=C\C(=NCCCCCN)NO[B-](F)(ON1)ONC(=NCCCCCN)/C=N\O2. The highest BCUT2D eigenvalue weighted by Crippen LogP contribution is 2.14. The number of unbranched alkanes of at least 4 members (excludes halogenated alkanes) is 6. The molecule has 0 aromatic heterocycles. The van der Waals surface area contributed by atoms with Crippen LogP contribution in [-0.2, 0) is 28.5 Å². The van der Waals surface area contributed by atoms with Gasteiger partial charge in [0.25, 0.3) is 0 Å². The van der Waals surface area contributed by atoms with Crippen LogP contribution < -0.4 is 33.6 Å². The maximum Gasteiger partial charge on any atom is 0.812 e. The molecule has 43 heavy (non-hydrogen) atoms. The summed E-state index contributed by atoms with van der Waals surface area (Å²) in [4.78, 5) is 12.6. The zero-order valence-electron chi connectivity index (χ0n) is 24.1. The third kappa shape index (κ3) is 16.1. The number of halogens is 2. The summed E-state index contributed by atoms with van der Waals surface area (Å²) in [5, 5.41) is 10.4. The van der Waals surface area contributed by atoms with Gasteiger partial charge in [-0.15, -0.1) is 15.5 Å². The van der Waals surface area contributed by atoms with Crippen molar-refractivity contribution in [1.82, 2.24) is 16.4 Å². The van der Waals surface area contributed by atoms with Gasteiger partial charge in [-0.2, -0.15) is 0 Å². The van der Waals surface area contributed by atoms with Crippen molar-refractivity contribution in [3.8, 4) is 0 Å². The first-order valence-corrected chi connectivity index (χ1v) is 14.2. The van der Waals surface area contributed by atoms with Crippen molar-refractivity contribution >= 4 is 50.2 Å². The van der Waals surface area contributed by atoms with E-state index in [1.807, 2.05) is 0 Å². The van der Waals surface area contributed by atoms with Gasteiger partial charge in [-0.05, 0) is 58.2 Å². The van der Waals surface area contributed by atoms with E-state index in [9.17, 15) is 0 Å². The Morgan fingerprint density at radius 2 is 0.860 bits per heavy atom. The van der Waals surface area contributed by atoms with Crippen molar-refractivity contribution in [3.63, 3.8) is 0 Å². The van der Waals surface area contributed by atoms with Crippen molar-refractivity contribution in [1.29, 1.82) is 0 Å². The van der Waals surface area contributed by atoms with Gasteiger partial charge in [-0.25, -0.2) is 0 Å². The molecule has 2 bridgehead atoms. The maximum absolute atomic E-state index is 15.9. The molecule has 9 N–H and O–H groups in total. The molecule has 3 aliphatic rings. The van der Waals surface area contributed by atoms with E-state index in [2.05, 4.69) is 46.9 Å². The van der Waals surface area contributed by atoms with Crippen LogP contribution in [0.15, 0.2) is 30.4 Å². The number of hydroxylamine groups is 3. The second-order valence-corrected chi connectivity index (χ2v) is 9.14. The number of amidine groups is 3. The molecule has 0 aromatic rings. The predicted octanol–water partition coefficient (Wildman–Crippen LogP) is -0.0229. The van der Waals surface area contributed by atoms with Crippen LogP contribution in [0.25, 0.3) is 0 Å². The summed E-state index contributed by atoms with van der Waals surface area (Å²) in [7, 11) is -8.47. The molecule has 3 aliphatic heterocycles. The van der Waals surface area contributed by atoms with Gasteiger partial charge < -0.3 is 54.4 Å². The van der Waals surface area contributed by atoms with Crippen LogP contribution in [0.2, 0.25) is 0 Å². The summed E-state index contributed by atoms with van der Waals surface area (Å²) in [5.41, 5.74) is 23.3. The molecule has 3 heterocycles. The van der Waals surface area contributed by atoms with Crippen molar-refractivity contribution in [2.24, 2.45) is 47.6 Å². The predicted molar refractivity (Wildman–Crippen MR) is 161 cm³/mol. The van der Waals surface area contributed by atoms with E-state index in [0.29, 0.717) is 38.9 Å². The zero-order chi connectivity index (χ0) is 31.1. The Morgan fingerprint density at radius 3 is 1.16 bits per heavy atom. The van der Waals surface area contributed by atoms with E-state index < -0.39 is 14.1 Å². The first-order valence-electron chi connectivity index (χ1n) is 14.2. The third-order valence-electron chi connectivity index (χ3n) is 5.43. The van der Waals surface area contributed by atoms with Gasteiger partial charge in [0.05, 0.1) is 0 Å². The Morgan fingerprint density at radius 1 is 0.535 bits per heavy atom. The molecule has 0 atom stereocenters. The number of nitrogens with one attached hydrogen (secondary N) is 3. The molecule has 18 nitrogen and oxygen atoms in total. The molecule has 244 valence electrons. The molecule has 3 rings (SSSR count). The largest absolute Gasteiger partial charge is 0.812 e. The van der Waals surface area contributed by atoms with Crippen LogP contribution in [0.1, 0.15) is 57.8 Å². The molecule has 0 aliphatic carbocycles. The second-order valence-electron chi connectivity index (χ2n) is 9.14. The summed E-state index contributed by atoms with van der Waals surface area (Å²) in [5.74, 6) is -0.567. The fourth-order valence-electron chi connectivity index (χ4n) is 3.18. The summed E-state index contributed by atoms with van der Waals surface area (Å²) < 4.78 is 61.1. The second kappa shape index (κ2) is 21.3. The van der Waals surface area contributed by atoms with Gasteiger partial charge in [-0.1, -0.05) is 19.3 Å². The smallest absolute Gasteiger partial charge is 0.510 e. The Hall–Kier alpha value is -3.43. The van der Waals surface area contributed by atoms with Gasteiger partial charge in [-0.3, -0.25) is 31.4 Å². The Labute approximate surface area is 248 Å². The number of nitrogens with two attached hydrogens (primary N) is 3. The molecule has 0 saturated heterocycles. The molecule has 0 fully saturated rings. The summed E-state index contributed by atoms with van der Waals surface area (Å²) in [6.07, 6.45) is 9.31. The van der Waals surface area contributed by atoms with Crippen LogP contribution in [0.5, 0.6) is 0 Å². The minimum atomic E-state index is -4.25. The van der Waals surface area contributed by atoms with E-state index in [4.69, 9.17) is 45.7 Å². The van der Waals surface area contributed by atoms with E-state index in [-0.39, 0.29) is 37.1 Å². The highest BCUT2D eigenvalue weighted by molar-refractivity contribution is 6.54. The van der Waals surface area contributed by atoms with Crippen LogP contribution >= 0.6 is 0 Å². The van der Waals surface area contributed by atoms with Crippen LogP contribution in [-0.4, -0.2) is 89.5 Å². The standard InChI is InChI=1S/C21H42B2F2N12O6/c24-22-38-32-16-19(29-13-7-1-4-10-26)35-41-23(25,42-36-20(17-33-39-22)30-14-8-2-5-11-27)43-37-21(18-34-40-22)31-15-9-3-6-12-28/h16-18H,1-15,26-28H2,(H,29,35)(H,30,36)(H,31,37)/q-2/b32-16-,33-17-,34-18?. The van der Waals surface area contributed by atoms with Crippen LogP contribution in [0.3, 0.4) is 0 Å². The van der Waals surface area contributed by atoms with Gasteiger partial charge in [0, 0.05) is 19.6 Å². The number of hydrogen-bond donors (Lipinski definition) is 6. The lowest BCUT2D eigenvalue weighted by Crippen LogP contribution is -2.55. The average Bonchev–Trinajstić information content (AvgIpc) is 2.99. The Balaban J connectivity index is 2.38. The highest BCUT2D eigenvalue weighted by atomic mass is 19.1. The molecular weight excluding hydrogens is 576 g/mol. The zero-order valence-corrected chi connectivity index (χ0v) is 24.1. The number of nitrogens with zero attached hydrogens (tertiary/aromatic N) is 6. The van der Waals surface area contributed by atoms with E-state index >= 15 is 8.63 Å². The fourth-order valence-corrected chi connectivity index (χ4v) is 3.18. The first kappa shape index (κ1) is 35.8. The molecule has 0 spiro atoms. The van der Waals surface area contributed by atoms with Crippen LogP contribution in [0.4, 0.5) is 8.63 Å². The van der Waals surface area contributed by atoms with E-state index in [1.165, 1.54) is 0 Å². The number of fused-ring (bicyclic) bond motifs is 12.